The topological polar surface area (TPSA) is 73.9 Å². The zero-order valence-corrected chi connectivity index (χ0v) is 11.1. The molecule has 1 aromatic carbocycles. The average molecular weight is 266 g/mol. The van der Waals surface area contributed by atoms with E-state index in [9.17, 15) is 0 Å². The van der Waals surface area contributed by atoms with Crippen LogP contribution in [0.15, 0.2) is 42.6 Å². The number of hydrogen-bond acceptors (Lipinski definition) is 5. The van der Waals surface area contributed by atoms with Crippen molar-refractivity contribution in [3.8, 4) is 11.3 Å². The number of nitrogens with two attached hydrogens (primary N) is 1. The van der Waals surface area contributed by atoms with E-state index in [-0.39, 0.29) is 0 Å². The molecule has 3 rings (SSSR count). The van der Waals surface area contributed by atoms with Crippen molar-refractivity contribution in [3.05, 3.63) is 48.4 Å². The molecule has 2 N–H and O–H groups in total. The van der Waals surface area contributed by atoms with Crippen molar-refractivity contribution in [2.45, 2.75) is 6.61 Å². The van der Waals surface area contributed by atoms with Gasteiger partial charge in [-0.3, -0.25) is 4.98 Å². The van der Waals surface area contributed by atoms with Crippen LogP contribution in [0.5, 0.6) is 0 Å². The number of methoxy groups -OCH3 is 1. The first kappa shape index (κ1) is 12.5. The minimum absolute atomic E-state index is 0.334. The Labute approximate surface area is 116 Å². The minimum Gasteiger partial charge on any atom is -0.384 e. The maximum absolute atomic E-state index is 5.85. The molecule has 100 valence electrons. The number of fused-ring (bicyclic) bond motifs is 1. The van der Waals surface area contributed by atoms with Gasteiger partial charge in [-0.1, -0.05) is 18.2 Å². The number of ether oxygens (including phenoxy) is 1. The number of pyridine rings is 1. The van der Waals surface area contributed by atoms with Gasteiger partial charge < -0.3 is 10.5 Å². The molecule has 0 unspecified atom stereocenters. The smallest absolute Gasteiger partial charge is 0.157 e. The summed E-state index contributed by atoms with van der Waals surface area (Å²) in [6.45, 7) is 0.334. The monoisotopic (exact) mass is 266 g/mol. The summed E-state index contributed by atoms with van der Waals surface area (Å²) in [4.78, 5) is 13.0. The molecule has 0 bridgehead atoms. The lowest BCUT2D eigenvalue weighted by atomic mass is 10.1. The Morgan fingerprint density at radius 3 is 2.90 bits per heavy atom. The molecule has 3 aromatic rings. The van der Waals surface area contributed by atoms with E-state index < -0.39 is 0 Å². The van der Waals surface area contributed by atoms with Crippen LogP contribution in [0, 0.1) is 0 Å². The summed E-state index contributed by atoms with van der Waals surface area (Å²) in [5.74, 6) is 1.01. The first-order valence-corrected chi connectivity index (χ1v) is 6.24. The van der Waals surface area contributed by atoms with Crippen molar-refractivity contribution in [3.63, 3.8) is 0 Å². The lowest BCUT2D eigenvalue weighted by Gasteiger charge is -2.08. The van der Waals surface area contributed by atoms with Gasteiger partial charge in [-0.2, -0.15) is 0 Å². The van der Waals surface area contributed by atoms with Crippen molar-refractivity contribution in [2.24, 2.45) is 0 Å². The first-order valence-electron chi connectivity index (χ1n) is 6.24. The Hall–Kier alpha value is -2.53. The molecule has 0 spiro atoms. The SMILES string of the molecule is COCc1nc(N)cc(-c2cccc3ncccc23)n1. The molecule has 0 atom stereocenters. The molecule has 5 nitrogen and oxygen atoms in total. The maximum atomic E-state index is 5.85. The van der Waals surface area contributed by atoms with Gasteiger partial charge in [-0.15, -0.1) is 0 Å². The number of nitrogen functional groups attached to an aromatic ring is 1. The molecular formula is C15H14N4O. The highest BCUT2D eigenvalue weighted by Gasteiger charge is 2.08. The van der Waals surface area contributed by atoms with Crippen LogP contribution < -0.4 is 5.73 Å². The summed E-state index contributed by atoms with van der Waals surface area (Å²) in [7, 11) is 1.61. The lowest BCUT2D eigenvalue weighted by Crippen LogP contribution is -2.02. The number of rotatable bonds is 3. The van der Waals surface area contributed by atoms with Crippen LogP contribution in [-0.4, -0.2) is 22.1 Å². The van der Waals surface area contributed by atoms with Crippen molar-refractivity contribution in [2.75, 3.05) is 12.8 Å². The fourth-order valence-electron chi connectivity index (χ4n) is 2.18. The summed E-state index contributed by atoms with van der Waals surface area (Å²) < 4.78 is 5.07. The molecule has 0 aliphatic heterocycles. The summed E-state index contributed by atoms with van der Waals surface area (Å²) in [5.41, 5.74) is 8.54. The third-order valence-electron chi connectivity index (χ3n) is 2.99. The molecule has 0 saturated heterocycles. The van der Waals surface area contributed by atoms with Crippen LogP contribution in [0.25, 0.3) is 22.2 Å². The number of benzene rings is 1. The highest BCUT2D eigenvalue weighted by molar-refractivity contribution is 5.93. The van der Waals surface area contributed by atoms with Gasteiger partial charge in [0.25, 0.3) is 0 Å². The Morgan fingerprint density at radius 2 is 2.05 bits per heavy atom. The summed E-state index contributed by atoms with van der Waals surface area (Å²) in [6, 6.07) is 11.6. The second-order valence-corrected chi connectivity index (χ2v) is 4.40. The van der Waals surface area contributed by atoms with Gasteiger partial charge in [-0.25, -0.2) is 9.97 Å². The number of nitrogens with zero attached hydrogens (tertiary/aromatic N) is 3. The number of aromatic nitrogens is 3. The number of hydrogen-bond donors (Lipinski definition) is 1. The molecule has 0 radical (unpaired) electrons. The van der Waals surface area contributed by atoms with Gasteiger partial charge in [0.05, 0.1) is 11.2 Å². The first-order chi connectivity index (χ1) is 9.78. The molecule has 0 fully saturated rings. The van der Waals surface area contributed by atoms with E-state index in [4.69, 9.17) is 10.5 Å². The largest absolute Gasteiger partial charge is 0.384 e. The standard InChI is InChI=1S/C15H14N4O/c1-20-9-15-18-13(8-14(16)19-15)11-4-2-6-12-10(11)5-3-7-17-12/h2-8H,9H2,1H3,(H2,16,18,19). The molecule has 0 amide bonds. The predicted octanol–water partition coefficient (Wildman–Crippen LogP) is 2.42. The molecule has 20 heavy (non-hydrogen) atoms. The lowest BCUT2D eigenvalue weighted by molar-refractivity contribution is 0.178. The van der Waals surface area contributed by atoms with E-state index >= 15 is 0 Å². The molecular weight excluding hydrogens is 252 g/mol. The third kappa shape index (κ3) is 2.31. The summed E-state index contributed by atoms with van der Waals surface area (Å²) in [6.07, 6.45) is 1.77. The van der Waals surface area contributed by atoms with Crippen LogP contribution >= 0.6 is 0 Å². The Balaban J connectivity index is 2.20. The van der Waals surface area contributed by atoms with E-state index in [0.29, 0.717) is 18.2 Å². The maximum Gasteiger partial charge on any atom is 0.157 e. The minimum atomic E-state index is 0.334. The second kappa shape index (κ2) is 5.22. The van der Waals surface area contributed by atoms with Gasteiger partial charge in [0, 0.05) is 30.3 Å². The quantitative estimate of drug-likeness (QED) is 0.788. The Bertz CT molecular complexity index is 752. The van der Waals surface area contributed by atoms with E-state index in [2.05, 4.69) is 15.0 Å². The highest BCUT2D eigenvalue weighted by atomic mass is 16.5. The van der Waals surface area contributed by atoms with Crippen molar-refractivity contribution in [1.82, 2.24) is 15.0 Å². The van der Waals surface area contributed by atoms with Gasteiger partial charge in [0.1, 0.15) is 12.4 Å². The van der Waals surface area contributed by atoms with Gasteiger partial charge >= 0.3 is 0 Å². The van der Waals surface area contributed by atoms with Crippen LogP contribution in [-0.2, 0) is 11.3 Å². The van der Waals surface area contributed by atoms with Gasteiger partial charge in [-0.05, 0) is 12.1 Å². The Morgan fingerprint density at radius 1 is 1.15 bits per heavy atom. The van der Waals surface area contributed by atoms with Crippen LogP contribution in [0.1, 0.15) is 5.82 Å². The molecule has 0 aliphatic carbocycles. The molecule has 2 heterocycles. The molecule has 2 aromatic heterocycles. The van der Waals surface area contributed by atoms with E-state index in [1.54, 1.807) is 19.4 Å². The summed E-state index contributed by atoms with van der Waals surface area (Å²) in [5, 5.41) is 1.04. The molecule has 0 aliphatic rings. The number of anilines is 1. The Kier molecular flexibility index (Phi) is 3.26. The molecule has 0 saturated carbocycles. The van der Waals surface area contributed by atoms with Crippen molar-refractivity contribution in [1.29, 1.82) is 0 Å². The molecule has 5 heteroatoms. The van der Waals surface area contributed by atoms with E-state index in [1.807, 2.05) is 30.3 Å². The zero-order chi connectivity index (χ0) is 13.9. The third-order valence-corrected chi connectivity index (χ3v) is 2.99. The highest BCUT2D eigenvalue weighted by Crippen LogP contribution is 2.27. The van der Waals surface area contributed by atoms with E-state index in [0.717, 1.165) is 22.2 Å². The summed E-state index contributed by atoms with van der Waals surface area (Å²) >= 11 is 0. The van der Waals surface area contributed by atoms with Crippen molar-refractivity contribution >= 4 is 16.7 Å². The average Bonchev–Trinajstić information content (AvgIpc) is 2.46. The fraction of sp³-hybridized carbons (Fsp3) is 0.133. The van der Waals surface area contributed by atoms with Gasteiger partial charge in [0.15, 0.2) is 5.82 Å². The normalized spacial score (nSPS) is 10.8. The van der Waals surface area contributed by atoms with Crippen molar-refractivity contribution < 1.29 is 4.74 Å². The second-order valence-electron chi connectivity index (χ2n) is 4.40. The zero-order valence-electron chi connectivity index (χ0n) is 11.1. The van der Waals surface area contributed by atoms with E-state index in [1.165, 1.54) is 0 Å². The van der Waals surface area contributed by atoms with Gasteiger partial charge in [0.2, 0.25) is 0 Å². The predicted molar refractivity (Wildman–Crippen MR) is 77.9 cm³/mol. The van der Waals surface area contributed by atoms with Crippen LogP contribution in [0.2, 0.25) is 0 Å². The van der Waals surface area contributed by atoms with Crippen LogP contribution in [0.4, 0.5) is 5.82 Å². The fourth-order valence-corrected chi connectivity index (χ4v) is 2.18. The van der Waals surface area contributed by atoms with Crippen LogP contribution in [0.3, 0.4) is 0 Å².